The van der Waals surface area contributed by atoms with Crippen molar-refractivity contribution < 1.29 is 23.8 Å². The third kappa shape index (κ3) is 4.44. The lowest BCUT2D eigenvalue weighted by Gasteiger charge is -2.37. The number of hydrogen-bond acceptors (Lipinski definition) is 4. The highest BCUT2D eigenvalue weighted by molar-refractivity contribution is 5.70. The summed E-state index contributed by atoms with van der Waals surface area (Å²) in [7, 11) is 1.60. The van der Waals surface area contributed by atoms with Crippen LogP contribution in [0, 0.1) is 11.7 Å². The standard InChI is InChI=1S/C22H26FNO4/c1-3-28-19-9-6-17(14-20(19)27-2)21(15-4-7-18(23)8-5-15)24-12-10-16(11-13-24)22(25)26/h4-9,14,16,21H,3,10-13H2,1-2H3,(H,25,26). The maximum absolute atomic E-state index is 13.5. The first-order valence-electron chi connectivity index (χ1n) is 9.56. The molecular weight excluding hydrogens is 361 g/mol. The Hall–Kier alpha value is -2.60. The van der Waals surface area contributed by atoms with Gasteiger partial charge in [-0.05, 0) is 68.2 Å². The van der Waals surface area contributed by atoms with Crippen molar-refractivity contribution in [2.45, 2.75) is 25.8 Å². The zero-order chi connectivity index (χ0) is 20.1. The number of likely N-dealkylation sites (tertiary alicyclic amines) is 1. The van der Waals surface area contributed by atoms with Gasteiger partial charge >= 0.3 is 5.97 Å². The van der Waals surface area contributed by atoms with E-state index in [1.165, 1.54) is 12.1 Å². The van der Waals surface area contributed by atoms with Crippen LogP contribution in [0.3, 0.4) is 0 Å². The summed E-state index contributed by atoms with van der Waals surface area (Å²) in [6.45, 7) is 3.78. The summed E-state index contributed by atoms with van der Waals surface area (Å²) in [4.78, 5) is 13.6. The van der Waals surface area contributed by atoms with Crippen molar-refractivity contribution >= 4 is 5.97 Å². The number of rotatable bonds is 7. The maximum Gasteiger partial charge on any atom is 0.306 e. The second-order valence-corrected chi connectivity index (χ2v) is 6.95. The van der Waals surface area contributed by atoms with Crippen LogP contribution < -0.4 is 9.47 Å². The number of methoxy groups -OCH3 is 1. The Kier molecular flexibility index (Phi) is 6.52. The Balaban J connectivity index is 1.95. The van der Waals surface area contributed by atoms with E-state index in [0.717, 1.165) is 11.1 Å². The maximum atomic E-state index is 13.5. The van der Waals surface area contributed by atoms with Crippen molar-refractivity contribution in [1.82, 2.24) is 4.90 Å². The molecule has 5 nitrogen and oxygen atoms in total. The molecule has 1 unspecified atom stereocenters. The number of carbonyl (C=O) groups is 1. The number of halogens is 1. The Morgan fingerprint density at radius 3 is 2.36 bits per heavy atom. The van der Waals surface area contributed by atoms with Crippen LogP contribution in [-0.4, -0.2) is 42.8 Å². The van der Waals surface area contributed by atoms with E-state index >= 15 is 0 Å². The van der Waals surface area contributed by atoms with Gasteiger partial charge in [0.25, 0.3) is 0 Å². The fourth-order valence-corrected chi connectivity index (χ4v) is 3.79. The zero-order valence-electron chi connectivity index (χ0n) is 16.2. The summed E-state index contributed by atoms with van der Waals surface area (Å²) in [5.41, 5.74) is 1.96. The number of benzene rings is 2. The zero-order valence-corrected chi connectivity index (χ0v) is 16.2. The van der Waals surface area contributed by atoms with E-state index in [1.807, 2.05) is 25.1 Å². The van der Waals surface area contributed by atoms with E-state index in [-0.39, 0.29) is 17.8 Å². The molecule has 2 aromatic rings. The lowest BCUT2D eigenvalue weighted by atomic mass is 9.91. The van der Waals surface area contributed by atoms with E-state index < -0.39 is 5.97 Å². The average Bonchev–Trinajstić information content (AvgIpc) is 2.71. The molecule has 1 fully saturated rings. The van der Waals surface area contributed by atoms with E-state index in [4.69, 9.17) is 9.47 Å². The predicted octanol–water partition coefficient (Wildman–Crippen LogP) is 4.12. The van der Waals surface area contributed by atoms with Crippen LogP contribution in [0.15, 0.2) is 42.5 Å². The van der Waals surface area contributed by atoms with Gasteiger partial charge in [-0.25, -0.2) is 4.39 Å². The summed E-state index contributed by atoms with van der Waals surface area (Å²) in [6, 6.07) is 12.2. The molecule has 0 aliphatic carbocycles. The second kappa shape index (κ2) is 9.06. The number of aliphatic carboxylic acids is 1. The van der Waals surface area contributed by atoms with Gasteiger partial charge in [-0.15, -0.1) is 0 Å². The summed E-state index contributed by atoms with van der Waals surface area (Å²) < 4.78 is 24.6. The molecule has 1 saturated heterocycles. The van der Waals surface area contributed by atoms with E-state index in [1.54, 1.807) is 19.2 Å². The Bertz CT molecular complexity index is 801. The van der Waals surface area contributed by atoms with Crippen molar-refractivity contribution in [3.05, 3.63) is 59.4 Å². The van der Waals surface area contributed by atoms with Crippen molar-refractivity contribution in [2.75, 3.05) is 26.8 Å². The Labute approximate surface area is 164 Å². The number of piperidine rings is 1. The van der Waals surface area contributed by atoms with Crippen LogP contribution in [0.5, 0.6) is 11.5 Å². The molecule has 6 heteroatoms. The third-order valence-corrected chi connectivity index (χ3v) is 5.23. The Morgan fingerprint density at radius 1 is 1.14 bits per heavy atom. The predicted molar refractivity (Wildman–Crippen MR) is 104 cm³/mol. The molecule has 1 aliphatic rings. The minimum absolute atomic E-state index is 0.111. The number of hydrogen-bond donors (Lipinski definition) is 1. The van der Waals surface area contributed by atoms with Crippen molar-refractivity contribution in [2.24, 2.45) is 5.92 Å². The van der Waals surface area contributed by atoms with Crippen LogP contribution in [0.25, 0.3) is 0 Å². The summed E-state index contributed by atoms with van der Waals surface area (Å²) in [5, 5.41) is 9.29. The van der Waals surface area contributed by atoms with Crippen LogP contribution >= 0.6 is 0 Å². The number of carboxylic acid groups (broad SMARTS) is 1. The topological polar surface area (TPSA) is 59.0 Å². The summed E-state index contributed by atoms with van der Waals surface area (Å²) in [5.74, 6) is 0.000127. The van der Waals surface area contributed by atoms with Gasteiger partial charge in [0.05, 0.1) is 25.7 Å². The number of ether oxygens (including phenoxy) is 2. The minimum Gasteiger partial charge on any atom is -0.493 e. The molecule has 2 aromatic carbocycles. The second-order valence-electron chi connectivity index (χ2n) is 6.95. The third-order valence-electron chi connectivity index (χ3n) is 5.23. The fraction of sp³-hybridized carbons (Fsp3) is 0.409. The smallest absolute Gasteiger partial charge is 0.306 e. The van der Waals surface area contributed by atoms with Crippen molar-refractivity contribution in [3.63, 3.8) is 0 Å². The lowest BCUT2D eigenvalue weighted by Crippen LogP contribution is -2.39. The van der Waals surface area contributed by atoms with Gasteiger partial charge in [0.1, 0.15) is 5.82 Å². The molecule has 0 spiro atoms. The van der Waals surface area contributed by atoms with Gasteiger partial charge < -0.3 is 14.6 Å². The monoisotopic (exact) mass is 387 g/mol. The molecule has 1 aliphatic heterocycles. The first-order valence-corrected chi connectivity index (χ1v) is 9.56. The van der Waals surface area contributed by atoms with Gasteiger partial charge in [0.2, 0.25) is 0 Å². The number of nitrogens with zero attached hydrogens (tertiary/aromatic N) is 1. The molecule has 0 aromatic heterocycles. The largest absolute Gasteiger partial charge is 0.493 e. The molecule has 0 radical (unpaired) electrons. The van der Waals surface area contributed by atoms with Crippen LogP contribution in [0.1, 0.15) is 36.9 Å². The number of carboxylic acids is 1. The highest BCUT2D eigenvalue weighted by Crippen LogP contribution is 2.37. The fourth-order valence-electron chi connectivity index (χ4n) is 3.79. The lowest BCUT2D eigenvalue weighted by molar-refractivity contribution is -0.143. The molecular formula is C22H26FNO4. The SMILES string of the molecule is CCOc1ccc(C(c2ccc(F)cc2)N2CCC(C(=O)O)CC2)cc1OC. The molecule has 1 N–H and O–H groups in total. The first kappa shape index (κ1) is 20.1. The van der Waals surface area contributed by atoms with E-state index in [9.17, 15) is 14.3 Å². The van der Waals surface area contributed by atoms with E-state index in [0.29, 0.717) is 44.0 Å². The molecule has 1 atom stereocenters. The molecule has 0 saturated carbocycles. The molecule has 3 rings (SSSR count). The quantitative estimate of drug-likeness (QED) is 0.775. The van der Waals surface area contributed by atoms with Gasteiger partial charge in [-0.2, -0.15) is 0 Å². The average molecular weight is 387 g/mol. The molecule has 150 valence electrons. The summed E-state index contributed by atoms with van der Waals surface area (Å²) >= 11 is 0. The Morgan fingerprint density at radius 2 is 1.79 bits per heavy atom. The van der Waals surface area contributed by atoms with Gasteiger partial charge in [0.15, 0.2) is 11.5 Å². The highest BCUT2D eigenvalue weighted by Gasteiger charge is 2.30. The minimum atomic E-state index is -0.735. The van der Waals surface area contributed by atoms with Crippen molar-refractivity contribution in [3.8, 4) is 11.5 Å². The van der Waals surface area contributed by atoms with Crippen LogP contribution in [0.2, 0.25) is 0 Å². The van der Waals surface area contributed by atoms with Crippen LogP contribution in [-0.2, 0) is 4.79 Å². The van der Waals surface area contributed by atoms with Gasteiger partial charge in [-0.1, -0.05) is 18.2 Å². The van der Waals surface area contributed by atoms with Crippen molar-refractivity contribution in [1.29, 1.82) is 0 Å². The van der Waals surface area contributed by atoms with Crippen LogP contribution in [0.4, 0.5) is 4.39 Å². The normalized spacial score (nSPS) is 16.5. The molecule has 0 amide bonds. The first-order chi connectivity index (χ1) is 13.5. The molecule has 1 heterocycles. The highest BCUT2D eigenvalue weighted by atomic mass is 19.1. The van der Waals surface area contributed by atoms with Gasteiger partial charge in [0, 0.05) is 0 Å². The molecule has 0 bridgehead atoms. The summed E-state index contributed by atoms with van der Waals surface area (Å²) in [6.07, 6.45) is 1.20. The molecule has 28 heavy (non-hydrogen) atoms. The van der Waals surface area contributed by atoms with Gasteiger partial charge in [-0.3, -0.25) is 9.69 Å². The van der Waals surface area contributed by atoms with E-state index in [2.05, 4.69) is 4.90 Å².